The van der Waals surface area contributed by atoms with Crippen molar-refractivity contribution in [3.63, 3.8) is 0 Å². The minimum Gasteiger partial charge on any atom is -0.481 e. The Bertz CT molecular complexity index is 497. The van der Waals surface area contributed by atoms with E-state index in [9.17, 15) is 4.79 Å². The maximum Gasteiger partial charge on any atom is 0.260 e. The van der Waals surface area contributed by atoms with Crippen LogP contribution in [0.5, 0.6) is 5.75 Å². The lowest BCUT2D eigenvalue weighted by Gasteiger charge is -2.19. The van der Waals surface area contributed by atoms with E-state index in [2.05, 4.69) is 31.3 Å². The van der Waals surface area contributed by atoms with Gasteiger partial charge in [0.05, 0.1) is 6.10 Å². The summed E-state index contributed by atoms with van der Waals surface area (Å²) in [6, 6.07) is 6.14. The van der Waals surface area contributed by atoms with Crippen LogP contribution >= 0.6 is 0 Å². The summed E-state index contributed by atoms with van der Waals surface area (Å²) >= 11 is 0. The van der Waals surface area contributed by atoms with Crippen molar-refractivity contribution in [2.75, 3.05) is 13.2 Å². The molecule has 0 heterocycles. The summed E-state index contributed by atoms with van der Waals surface area (Å²) in [5.74, 6) is 1.06. The summed E-state index contributed by atoms with van der Waals surface area (Å²) in [4.78, 5) is 12.1. The van der Waals surface area contributed by atoms with Crippen molar-refractivity contribution in [2.45, 2.75) is 66.1 Å². The molecule has 0 spiro atoms. The van der Waals surface area contributed by atoms with Crippen LogP contribution in [0.25, 0.3) is 0 Å². The van der Waals surface area contributed by atoms with Crippen LogP contribution in [0.1, 0.15) is 58.1 Å². The Morgan fingerprint density at radius 2 is 1.87 bits per heavy atom. The zero-order chi connectivity index (χ0) is 17.4. The van der Waals surface area contributed by atoms with E-state index in [-0.39, 0.29) is 12.0 Å². The zero-order valence-corrected chi connectivity index (χ0v) is 15.3. The fourth-order valence-corrected chi connectivity index (χ4v) is 2.21. The summed E-state index contributed by atoms with van der Waals surface area (Å²) in [6.45, 7) is 13.3. The predicted molar refractivity (Wildman–Crippen MR) is 94.1 cm³/mol. The number of benzene rings is 1. The van der Waals surface area contributed by atoms with Crippen LogP contribution < -0.4 is 10.1 Å². The molecule has 0 aliphatic rings. The molecule has 0 aromatic heterocycles. The molecule has 0 saturated carbocycles. The van der Waals surface area contributed by atoms with Gasteiger partial charge in [-0.15, -0.1) is 0 Å². The first-order valence-corrected chi connectivity index (χ1v) is 8.47. The highest BCUT2D eigenvalue weighted by Gasteiger charge is 2.17. The molecule has 0 aliphatic heterocycles. The molecule has 130 valence electrons. The third-order valence-corrected chi connectivity index (χ3v) is 3.54. The first-order valence-electron chi connectivity index (χ1n) is 8.47. The number of carbonyl (C=O) groups is 1. The summed E-state index contributed by atoms with van der Waals surface area (Å²) in [5, 5.41) is 2.90. The van der Waals surface area contributed by atoms with Gasteiger partial charge in [-0.05, 0) is 57.2 Å². The lowest BCUT2D eigenvalue weighted by Crippen LogP contribution is -2.37. The Morgan fingerprint density at radius 3 is 2.48 bits per heavy atom. The summed E-state index contributed by atoms with van der Waals surface area (Å²) in [5.41, 5.74) is 2.25. The highest BCUT2D eigenvalue weighted by molar-refractivity contribution is 5.80. The van der Waals surface area contributed by atoms with Crippen LogP contribution in [0, 0.1) is 6.92 Å². The fraction of sp³-hybridized carbons (Fsp3) is 0.632. The normalized spacial score (nSPS) is 12.5. The molecule has 1 aromatic rings. The van der Waals surface area contributed by atoms with Gasteiger partial charge in [-0.3, -0.25) is 4.79 Å². The van der Waals surface area contributed by atoms with Crippen LogP contribution in [-0.4, -0.2) is 31.3 Å². The first-order chi connectivity index (χ1) is 10.8. The molecule has 1 atom stereocenters. The number of amides is 1. The van der Waals surface area contributed by atoms with Crippen molar-refractivity contribution in [2.24, 2.45) is 0 Å². The van der Waals surface area contributed by atoms with Gasteiger partial charge in [-0.25, -0.2) is 0 Å². The SMILES string of the molecule is Cc1ccc(C(C)C)c(OC(C)C(=O)NCCCOC(C)C)c1. The molecule has 1 amide bonds. The van der Waals surface area contributed by atoms with Crippen molar-refractivity contribution in [1.29, 1.82) is 0 Å². The van der Waals surface area contributed by atoms with Gasteiger partial charge >= 0.3 is 0 Å². The second-order valence-corrected chi connectivity index (χ2v) is 6.52. The average Bonchev–Trinajstić information content (AvgIpc) is 2.46. The molecule has 1 rings (SSSR count). The van der Waals surface area contributed by atoms with Gasteiger partial charge in [0.15, 0.2) is 6.10 Å². The minimum absolute atomic E-state index is 0.0919. The first kappa shape index (κ1) is 19.5. The number of aryl methyl sites for hydroxylation is 1. The van der Waals surface area contributed by atoms with E-state index >= 15 is 0 Å². The minimum atomic E-state index is -0.514. The highest BCUT2D eigenvalue weighted by atomic mass is 16.5. The Morgan fingerprint density at radius 1 is 1.17 bits per heavy atom. The quantitative estimate of drug-likeness (QED) is 0.703. The predicted octanol–water partition coefficient (Wildman–Crippen LogP) is 3.82. The van der Waals surface area contributed by atoms with Gasteiger partial charge in [0, 0.05) is 13.2 Å². The van der Waals surface area contributed by atoms with Crippen molar-refractivity contribution in [3.05, 3.63) is 29.3 Å². The van der Waals surface area contributed by atoms with Crippen molar-refractivity contribution in [3.8, 4) is 5.75 Å². The van der Waals surface area contributed by atoms with Gasteiger partial charge in [0.1, 0.15) is 5.75 Å². The lowest BCUT2D eigenvalue weighted by atomic mass is 10.0. The molecule has 4 heteroatoms. The monoisotopic (exact) mass is 321 g/mol. The zero-order valence-electron chi connectivity index (χ0n) is 15.3. The van der Waals surface area contributed by atoms with E-state index in [0.717, 1.165) is 23.3 Å². The number of ether oxygens (including phenoxy) is 2. The van der Waals surface area contributed by atoms with Crippen molar-refractivity contribution in [1.82, 2.24) is 5.32 Å². The Hall–Kier alpha value is -1.55. The molecule has 4 nitrogen and oxygen atoms in total. The molecule has 0 saturated heterocycles. The lowest BCUT2D eigenvalue weighted by molar-refractivity contribution is -0.127. The molecule has 1 aromatic carbocycles. The van der Waals surface area contributed by atoms with Crippen molar-refractivity contribution >= 4 is 5.91 Å². The third kappa shape index (κ3) is 7.04. The van der Waals surface area contributed by atoms with E-state index < -0.39 is 6.10 Å². The number of hydrogen-bond donors (Lipinski definition) is 1. The molecule has 0 fully saturated rings. The fourth-order valence-electron chi connectivity index (χ4n) is 2.21. The maximum atomic E-state index is 12.1. The Labute approximate surface area is 140 Å². The Balaban J connectivity index is 2.50. The molecule has 0 bridgehead atoms. The topological polar surface area (TPSA) is 47.6 Å². The maximum absolute atomic E-state index is 12.1. The van der Waals surface area contributed by atoms with E-state index in [1.165, 1.54) is 0 Å². The van der Waals surface area contributed by atoms with Gasteiger partial charge in [0.2, 0.25) is 0 Å². The largest absolute Gasteiger partial charge is 0.481 e. The molecular weight excluding hydrogens is 290 g/mol. The van der Waals surface area contributed by atoms with Crippen LogP contribution in [0.3, 0.4) is 0 Å². The molecule has 1 unspecified atom stereocenters. The van der Waals surface area contributed by atoms with E-state index in [0.29, 0.717) is 19.1 Å². The third-order valence-electron chi connectivity index (χ3n) is 3.54. The second kappa shape index (κ2) is 9.56. The number of carbonyl (C=O) groups excluding carboxylic acids is 1. The molecule has 0 radical (unpaired) electrons. The number of nitrogens with one attached hydrogen (secondary N) is 1. The molecule has 1 N–H and O–H groups in total. The average molecular weight is 321 g/mol. The van der Waals surface area contributed by atoms with E-state index in [1.807, 2.05) is 26.8 Å². The van der Waals surface area contributed by atoms with Gasteiger partial charge in [-0.2, -0.15) is 0 Å². The van der Waals surface area contributed by atoms with E-state index in [1.54, 1.807) is 6.92 Å². The molecule has 0 aliphatic carbocycles. The van der Waals surface area contributed by atoms with Gasteiger partial charge < -0.3 is 14.8 Å². The summed E-state index contributed by atoms with van der Waals surface area (Å²) < 4.78 is 11.4. The van der Waals surface area contributed by atoms with Gasteiger partial charge in [0.25, 0.3) is 5.91 Å². The van der Waals surface area contributed by atoms with Crippen LogP contribution in [-0.2, 0) is 9.53 Å². The van der Waals surface area contributed by atoms with Crippen molar-refractivity contribution < 1.29 is 14.3 Å². The van der Waals surface area contributed by atoms with Crippen LogP contribution in [0.2, 0.25) is 0 Å². The number of rotatable bonds is 9. The second-order valence-electron chi connectivity index (χ2n) is 6.52. The summed E-state index contributed by atoms with van der Waals surface area (Å²) in [6.07, 6.45) is 0.516. The standard InChI is InChI=1S/C19H31NO3/c1-13(2)17-9-8-15(5)12-18(17)23-16(6)19(21)20-10-7-11-22-14(3)4/h8-9,12-14,16H,7,10-11H2,1-6H3,(H,20,21). The smallest absolute Gasteiger partial charge is 0.260 e. The van der Waals surface area contributed by atoms with Crippen LogP contribution in [0.15, 0.2) is 18.2 Å². The highest BCUT2D eigenvalue weighted by Crippen LogP contribution is 2.28. The van der Waals surface area contributed by atoms with Gasteiger partial charge in [-0.1, -0.05) is 26.0 Å². The Kier molecular flexibility index (Phi) is 8.10. The summed E-state index contributed by atoms with van der Waals surface area (Å²) in [7, 11) is 0. The van der Waals surface area contributed by atoms with E-state index in [4.69, 9.17) is 9.47 Å². The molecular formula is C19H31NO3. The molecule has 23 heavy (non-hydrogen) atoms. The van der Waals surface area contributed by atoms with Crippen LogP contribution in [0.4, 0.5) is 0 Å². The number of hydrogen-bond acceptors (Lipinski definition) is 3.